The molecule has 0 radical (unpaired) electrons. The van der Waals surface area contributed by atoms with Gasteiger partial charge in [-0.2, -0.15) is 0 Å². The van der Waals surface area contributed by atoms with Gasteiger partial charge in [0.05, 0.1) is 0 Å². The number of aliphatic hydroxyl groups is 1. The normalized spacial score (nSPS) is 10.6. The largest absolute Gasteiger partial charge is 2.00 e. The molecule has 0 aromatic heterocycles. The molecule has 7 nitrogen and oxygen atoms in total. The minimum Gasteiger partial charge on any atom is -0.550 e. The number of carbonyl (C=O) groups is 3. The van der Waals surface area contributed by atoms with Crippen LogP contribution in [0.4, 0.5) is 0 Å². The number of carboxylic acid groups (broad SMARTS) is 3. The first-order valence-corrected chi connectivity index (χ1v) is 35.9. The van der Waals surface area contributed by atoms with Gasteiger partial charge in [0.2, 0.25) is 0 Å². The van der Waals surface area contributed by atoms with E-state index in [1.54, 1.807) is 0 Å². The minimum atomic E-state index is -0.903. The van der Waals surface area contributed by atoms with E-state index >= 15 is 0 Å². The Hall–Kier alpha value is 0.136. The van der Waals surface area contributed by atoms with Gasteiger partial charge < -0.3 is 34.8 Å². The van der Waals surface area contributed by atoms with Crippen LogP contribution in [0.5, 0.6) is 0 Å². The molecule has 0 aromatic rings. The molecular formula is C72H143MgNaO7. The molecule has 0 fully saturated rings. The van der Waals surface area contributed by atoms with Crippen molar-refractivity contribution in [1.29, 1.82) is 0 Å². The maximum Gasteiger partial charge on any atom is 2.00 e. The van der Waals surface area contributed by atoms with Crippen LogP contribution in [0, 0.1) is 0 Å². The molecule has 0 saturated carbocycles. The molecule has 1 N–H and O–H groups in total. The zero-order valence-corrected chi connectivity index (χ0v) is 59.5. The van der Waals surface area contributed by atoms with Crippen LogP contribution in [-0.2, 0) is 14.4 Å². The van der Waals surface area contributed by atoms with Gasteiger partial charge in [-0.25, -0.2) is 0 Å². The molecule has 476 valence electrons. The van der Waals surface area contributed by atoms with Crippen molar-refractivity contribution in [3.05, 3.63) is 0 Å². The molecule has 0 aromatic carbocycles. The Morgan fingerprint density at radius 3 is 0.407 bits per heavy atom. The van der Waals surface area contributed by atoms with Crippen molar-refractivity contribution in [3.63, 3.8) is 0 Å². The smallest absolute Gasteiger partial charge is 0.550 e. The monoisotopic (exact) mass is 1170 g/mol. The van der Waals surface area contributed by atoms with E-state index in [0.29, 0.717) is 6.61 Å². The number of aliphatic hydroxyl groups excluding tert-OH is 1. The van der Waals surface area contributed by atoms with E-state index in [9.17, 15) is 29.7 Å². The molecule has 0 atom stereocenters. The number of carboxylic acids is 3. The Balaban J connectivity index is -0.000000230. The van der Waals surface area contributed by atoms with Crippen LogP contribution in [0.25, 0.3) is 0 Å². The van der Waals surface area contributed by atoms with Crippen LogP contribution in [0.3, 0.4) is 0 Å². The van der Waals surface area contributed by atoms with Crippen molar-refractivity contribution in [3.8, 4) is 0 Å². The summed E-state index contributed by atoms with van der Waals surface area (Å²) in [5.41, 5.74) is 0. The van der Waals surface area contributed by atoms with E-state index in [-0.39, 0.29) is 71.9 Å². The summed E-state index contributed by atoms with van der Waals surface area (Å²) in [6.07, 6.45) is 81.7. The van der Waals surface area contributed by atoms with E-state index in [1.807, 2.05) is 0 Å². The summed E-state index contributed by atoms with van der Waals surface area (Å²) >= 11 is 0. The zero-order chi connectivity index (χ0) is 58.7. The van der Waals surface area contributed by atoms with Crippen molar-refractivity contribution in [2.24, 2.45) is 0 Å². The number of hydrogen-bond donors (Lipinski definition) is 1. The summed E-state index contributed by atoms with van der Waals surface area (Å²) < 4.78 is 0. The number of hydrogen-bond acceptors (Lipinski definition) is 7. The van der Waals surface area contributed by atoms with Crippen molar-refractivity contribution < 1.29 is 64.4 Å². The third-order valence-electron chi connectivity index (χ3n) is 16.0. The van der Waals surface area contributed by atoms with Crippen LogP contribution in [0.15, 0.2) is 0 Å². The van der Waals surface area contributed by atoms with Gasteiger partial charge in [0, 0.05) is 24.5 Å². The standard InChI is InChI=1S/3C18H36O2.C18H38O.Mg.Na/c3*1-2-3-4-5-6-7-8-9-10-11-12-13-14-15-16-17-18(19)20;1-2-3-4-5-6-7-8-9-10-11-12-13-14-15-16-17-18-19;;/h3*2-17H2,1H3,(H,19,20);19H,2-18H2,1H3;;/q;;;;+2;+1/p-3. The molecular weight excluding hydrogens is 1020 g/mol. The van der Waals surface area contributed by atoms with Crippen LogP contribution < -0.4 is 44.9 Å². The van der Waals surface area contributed by atoms with Crippen LogP contribution >= 0.6 is 0 Å². The molecule has 0 aliphatic rings. The predicted molar refractivity (Wildman–Crippen MR) is 346 cm³/mol. The number of carbonyl (C=O) groups excluding carboxylic acids is 3. The third kappa shape index (κ3) is 109. The van der Waals surface area contributed by atoms with Crippen molar-refractivity contribution in [2.75, 3.05) is 6.61 Å². The molecule has 0 unspecified atom stereocenters. The Morgan fingerprint density at radius 2 is 0.309 bits per heavy atom. The second-order valence-corrected chi connectivity index (χ2v) is 24.2. The topological polar surface area (TPSA) is 141 Å². The molecule has 0 saturated heterocycles. The van der Waals surface area contributed by atoms with Gasteiger partial charge in [-0.3, -0.25) is 0 Å². The predicted octanol–water partition coefficient (Wildman–Crippen LogP) is 17.9. The fraction of sp³-hybridized carbons (Fsp3) is 0.958. The first-order valence-electron chi connectivity index (χ1n) is 35.9. The SMILES string of the molecule is CCCCCCCCCCCCCCCCCC(=O)[O-].CCCCCCCCCCCCCCCCCC(=O)[O-].CCCCCCCCCCCCCCCCCC(=O)[O-].CCCCCCCCCCCCCCCCCCO.[Mg+2].[Na+]. The molecule has 0 heterocycles. The summed E-state index contributed by atoms with van der Waals surface area (Å²) in [4.78, 5) is 30.7. The molecule has 0 amide bonds. The van der Waals surface area contributed by atoms with Gasteiger partial charge in [-0.05, 0) is 44.9 Å². The average molecular weight is 1170 g/mol. The Morgan fingerprint density at radius 1 is 0.210 bits per heavy atom. The van der Waals surface area contributed by atoms with Crippen molar-refractivity contribution in [1.82, 2.24) is 0 Å². The van der Waals surface area contributed by atoms with E-state index in [1.165, 1.54) is 347 Å². The van der Waals surface area contributed by atoms with Gasteiger partial charge in [-0.15, -0.1) is 0 Å². The van der Waals surface area contributed by atoms with Crippen LogP contribution in [0.2, 0.25) is 0 Å². The van der Waals surface area contributed by atoms with Crippen LogP contribution in [-0.4, -0.2) is 52.7 Å². The first-order chi connectivity index (χ1) is 38.7. The minimum absolute atomic E-state index is 0. The van der Waals surface area contributed by atoms with E-state index in [0.717, 1.165) is 44.9 Å². The summed E-state index contributed by atoms with van der Waals surface area (Å²) in [7, 11) is 0. The molecule has 0 spiro atoms. The molecule has 81 heavy (non-hydrogen) atoms. The maximum atomic E-state index is 10.2. The third-order valence-corrected chi connectivity index (χ3v) is 16.0. The molecule has 0 aliphatic heterocycles. The van der Waals surface area contributed by atoms with Gasteiger partial charge in [0.1, 0.15) is 0 Å². The maximum absolute atomic E-state index is 10.2. The van der Waals surface area contributed by atoms with Crippen molar-refractivity contribution >= 4 is 41.0 Å². The van der Waals surface area contributed by atoms with Crippen molar-refractivity contribution in [2.45, 2.75) is 439 Å². The Bertz CT molecular complexity index is 975. The summed E-state index contributed by atoms with van der Waals surface area (Å²) in [6.45, 7) is 9.46. The van der Waals surface area contributed by atoms with Crippen LogP contribution in [0.1, 0.15) is 439 Å². The number of unbranched alkanes of at least 4 members (excludes halogenated alkanes) is 57. The average Bonchev–Trinajstić information content (AvgIpc) is 3.43. The quantitative estimate of drug-likeness (QED) is 0.0472. The summed E-state index contributed by atoms with van der Waals surface area (Å²) in [5, 5.41) is 39.3. The fourth-order valence-electron chi connectivity index (χ4n) is 10.6. The Labute approximate surface area is 546 Å². The van der Waals surface area contributed by atoms with Gasteiger partial charge >= 0.3 is 52.6 Å². The van der Waals surface area contributed by atoms with Gasteiger partial charge in [-0.1, -0.05) is 394 Å². The number of rotatable bonds is 64. The molecule has 0 aliphatic carbocycles. The second kappa shape index (κ2) is 91.3. The van der Waals surface area contributed by atoms with E-state index in [4.69, 9.17) is 5.11 Å². The second-order valence-electron chi connectivity index (χ2n) is 24.2. The Kier molecular flexibility index (Phi) is 104. The van der Waals surface area contributed by atoms with Gasteiger partial charge in [0.15, 0.2) is 0 Å². The summed E-state index contributed by atoms with van der Waals surface area (Å²) in [6, 6.07) is 0. The molecule has 0 rings (SSSR count). The van der Waals surface area contributed by atoms with E-state index in [2.05, 4.69) is 27.7 Å². The van der Waals surface area contributed by atoms with Gasteiger partial charge in [0.25, 0.3) is 0 Å². The first kappa shape index (κ1) is 92.3. The molecule has 9 heteroatoms. The van der Waals surface area contributed by atoms with E-state index < -0.39 is 17.9 Å². The summed E-state index contributed by atoms with van der Waals surface area (Å²) in [5.74, 6) is -2.71. The molecule has 0 bridgehead atoms. The zero-order valence-electron chi connectivity index (χ0n) is 56.1. The fourth-order valence-corrected chi connectivity index (χ4v) is 10.6. The number of aliphatic carboxylic acids is 3.